The molecule has 1 heterocycles. The van der Waals surface area contributed by atoms with Gasteiger partial charge in [-0.05, 0) is 36.8 Å². The zero-order valence-corrected chi connectivity index (χ0v) is 17.3. The van der Waals surface area contributed by atoms with Crippen LogP contribution in [-0.4, -0.2) is 36.4 Å². The highest BCUT2D eigenvalue weighted by Gasteiger charge is 2.50. The smallest absolute Gasteiger partial charge is 0.325 e. The lowest BCUT2D eigenvalue weighted by molar-refractivity contribution is -0.134. The molecule has 0 bridgehead atoms. The van der Waals surface area contributed by atoms with E-state index in [4.69, 9.17) is 27.9 Å². The summed E-state index contributed by atoms with van der Waals surface area (Å²) in [6, 6.07) is 11.2. The molecule has 0 aliphatic carbocycles. The van der Waals surface area contributed by atoms with Gasteiger partial charge in [0, 0.05) is 22.2 Å². The second kappa shape index (κ2) is 8.31. The van der Waals surface area contributed by atoms with Crippen LogP contribution in [0.15, 0.2) is 42.5 Å². The van der Waals surface area contributed by atoms with Gasteiger partial charge >= 0.3 is 6.03 Å². The van der Waals surface area contributed by atoms with E-state index in [0.717, 1.165) is 10.5 Å². The number of nitrogens with one attached hydrogen (secondary N) is 2. The van der Waals surface area contributed by atoms with Gasteiger partial charge in [-0.25, -0.2) is 4.79 Å². The van der Waals surface area contributed by atoms with E-state index in [0.29, 0.717) is 16.3 Å². The first-order valence-electron chi connectivity index (χ1n) is 8.74. The Morgan fingerprint density at radius 1 is 1.17 bits per heavy atom. The molecule has 1 aliphatic rings. The lowest BCUT2D eigenvalue weighted by Gasteiger charge is -2.23. The Morgan fingerprint density at radius 2 is 1.86 bits per heavy atom. The van der Waals surface area contributed by atoms with Crippen LogP contribution in [-0.2, 0) is 21.7 Å². The Balaban J connectivity index is 1.67. The van der Waals surface area contributed by atoms with Crippen molar-refractivity contribution in [3.63, 3.8) is 0 Å². The average molecular weight is 436 g/mol. The molecule has 9 heteroatoms. The summed E-state index contributed by atoms with van der Waals surface area (Å²) in [6.07, 6.45) is 0. The maximum atomic E-state index is 12.9. The maximum absolute atomic E-state index is 12.9. The minimum atomic E-state index is -1.38. The summed E-state index contributed by atoms with van der Waals surface area (Å²) >= 11 is 12.1. The lowest BCUT2D eigenvalue weighted by atomic mass is 9.92. The standard InChI is InChI=1S/C20H19Cl2N3O4/c1-20(15-8-5-13(21)9-16(15)22)18(27)25(19(28)24-20)11-17(26)23-10-12-3-6-14(29-2)7-4-12/h3-9H,10-11H2,1-2H3,(H,23,26)(H,24,28). The second-order valence-corrected chi connectivity index (χ2v) is 7.54. The molecule has 2 aromatic carbocycles. The molecule has 3 rings (SSSR count). The summed E-state index contributed by atoms with van der Waals surface area (Å²) in [5.74, 6) is -0.318. The van der Waals surface area contributed by atoms with E-state index in [1.54, 1.807) is 31.4 Å². The van der Waals surface area contributed by atoms with Crippen molar-refractivity contribution in [2.75, 3.05) is 13.7 Å². The largest absolute Gasteiger partial charge is 0.497 e. The predicted molar refractivity (Wildman–Crippen MR) is 109 cm³/mol. The van der Waals surface area contributed by atoms with Crippen LogP contribution in [0, 0.1) is 0 Å². The fourth-order valence-electron chi connectivity index (χ4n) is 3.06. The monoisotopic (exact) mass is 435 g/mol. The third kappa shape index (κ3) is 4.31. The summed E-state index contributed by atoms with van der Waals surface area (Å²) in [5.41, 5.74) is -0.119. The predicted octanol–water partition coefficient (Wildman–Crippen LogP) is 3.09. The van der Waals surface area contributed by atoms with Gasteiger partial charge in [0.1, 0.15) is 17.8 Å². The number of carbonyl (C=O) groups is 3. The Labute approximate surface area is 177 Å². The van der Waals surface area contributed by atoms with Gasteiger partial charge in [0.15, 0.2) is 0 Å². The first-order chi connectivity index (χ1) is 13.7. The molecule has 4 amide bonds. The molecule has 1 atom stereocenters. The molecule has 1 fully saturated rings. The molecular formula is C20H19Cl2N3O4. The van der Waals surface area contributed by atoms with Crippen molar-refractivity contribution >= 4 is 41.0 Å². The fourth-order valence-corrected chi connectivity index (χ4v) is 3.66. The van der Waals surface area contributed by atoms with Crippen molar-refractivity contribution < 1.29 is 19.1 Å². The highest BCUT2D eigenvalue weighted by atomic mass is 35.5. The molecule has 1 saturated heterocycles. The van der Waals surface area contributed by atoms with Crippen molar-refractivity contribution in [2.24, 2.45) is 0 Å². The number of rotatable bonds is 6. The number of halogens is 2. The van der Waals surface area contributed by atoms with Gasteiger partial charge in [0.2, 0.25) is 5.91 Å². The number of amides is 4. The third-order valence-electron chi connectivity index (χ3n) is 4.70. The normalized spacial score (nSPS) is 18.6. The number of hydrogen-bond donors (Lipinski definition) is 2. The highest BCUT2D eigenvalue weighted by Crippen LogP contribution is 2.34. The van der Waals surface area contributed by atoms with Crippen LogP contribution in [0.3, 0.4) is 0 Å². The molecule has 1 unspecified atom stereocenters. The van der Waals surface area contributed by atoms with Crippen LogP contribution in [0.5, 0.6) is 5.75 Å². The van der Waals surface area contributed by atoms with Crippen LogP contribution in [0.4, 0.5) is 4.79 Å². The van der Waals surface area contributed by atoms with E-state index in [1.165, 1.54) is 13.0 Å². The van der Waals surface area contributed by atoms with Gasteiger partial charge in [0.05, 0.1) is 7.11 Å². The molecule has 152 valence electrons. The average Bonchev–Trinajstić information content (AvgIpc) is 2.90. The van der Waals surface area contributed by atoms with E-state index < -0.39 is 29.9 Å². The number of nitrogens with zero attached hydrogens (tertiary/aromatic N) is 1. The first-order valence-corrected chi connectivity index (χ1v) is 9.49. The quantitative estimate of drug-likeness (QED) is 0.682. The molecule has 2 aromatic rings. The molecule has 0 aromatic heterocycles. The van der Waals surface area contributed by atoms with E-state index in [-0.39, 0.29) is 11.6 Å². The molecule has 29 heavy (non-hydrogen) atoms. The maximum Gasteiger partial charge on any atom is 0.325 e. The second-order valence-electron chi connectivity index (χ2n) is 6.70. The van der Waals surface area contributed by atoms with Crippen LogP contribution in [0.2, 0.25) is 10.0 Å². The summed E-state index contributed by atoms with van der Waals surface area (Å²) < 4.78 is 5.09. The van der Waals surface area contributed by atoms with Crippen molar-refractivity contribution in [2.45, 2.75) is 19.0 Å². The summed E-state index contributed by atoms with van der Waals surface area (Å²) in [5, 5.41) is 5.97. The summed E-state index contributed by atoms with van der Waals surface area (Å²) in [7, 11) is 1.57. The number of carbonyl (C=O) groups excluding carboxylic acids is 3. The number of ether oxygens (including phenoxy) is 1. The van der Waals surface area contributed by atoms with Gasteiger partial charge in [-0.2, -0.15) is 0 Å². The summed E-state index contributed by atoms with van der Waals surface area (Å²) in [4.78, 5) is 38.4. The van der Waals surface area contributed by atoms with Crippen LogP contribution < -0.4 is 15.4 Å². The summed E-state index contributed by atoms with van der Waals surface area (Å²) in [6.45, 7) is 1.39. The number of imide groups is 1. The molecule has 2 N–H and O–H groups in total. The van der Waals surface area contributed by atoms with E-state index in [1.807, 2.05) is 12.1 Å². The van der Waals surface area contributed by atoms with Crippen molar-refractivity contribution in [1.82, 2.24) is 15.5 Å². The molecule has 0 saturated carbocycles. The van der Waals surface area contributed by atoms with Crippen LogP contribution >= 0.6 is 23.2 Å². The van der Waals surface area contributed by atoms with Crippen molar-refractivity contribution in [3.05, 3.63) is 63.6 Å². The first kappa shape index (κ1) is 21.0. The molecular weight excluding hydrogens is 417 g/mol. The van der Waals surface area contributed by atoms with E-state index >= 15 is 0 Å². The molecule has 7 nitrogen and oxygen atoms in total. The molecule has 0 spiro atoms. The minimum absolute atomic E-state index is 0.249. The van der Waals surface area contributed by atoms with Crippen molar-refractivity contribution in [1.29, 1.82) is 0 Å². The van der Waals surface area contributed by atoms with Crippen molar-refractivity contribution in [3.8, 4) is 5.75 Å². The Bertz CT molecular complexity index is 965. The zero-order chi connectivity index (χ0) is 21.2. The van der Waals surface area contributed by atoms with Crippen LogP contribution in [0.1, 0.15) is 18.1 Å². The van der Waals surface area contributed by atoms with Gasteiger partial charge in [-0.3, -0.25) is 14.5 Å². The number of methoxy groups -OCH3 is 1. The Morgan fingerprint density at radius 3 is 2.48 bits per heavy atom. The van der Waals surface area contributed by atoms with Gasteiger partial charge in [-0.15, -0.1) is 0 Å². The Kier molecular flexibility index (Phi) is 6.00. The SMILES string of the molecule is COc1ccc(CNC(=O)CN2C(=O)NC(C)(c3ccc(Cl)cc3Cl)C2=O)cc1. The van der Waals surface area contributed by atoms with Gasteiger partial charge < -0.3 is 15.4 Å². The van der Waals surface area contributed by atoms with Gasteiger partial charge in [-0.1, -0.05) is 41.4 Å². The van der Waals surface area contributed by atoms with E-state index in [2.05, 4.69) is 10.6 Å². The topological polar surface area (TPSA) is 87.7 Å². The lowest BCUT2D eigenvalue weighted by Crippen LogP contribution is -2.43. The molecule has 0 radical (unpaired) electrons. The van der Waals surface area contributed by atoms with Gasteiger partial charge in [0.25, 0.3) is 5.91 Å². The molecule has 1 aliphatic heterocycles. The number of urea groups is 1. The third-order valence-corrected chi connectivity index (χ3v) is 5.24. The number of hydrogen-bond acceptors (Lipinski definition) is 4. The minimum Gasteiger partial charge on any atom is -0.497 e. The Hall–Kier alpha value is -2.77. The van der Waals surface area contributed by atoms with E-state index in [9.17, 15) is 14.4 Å². The fraction of sp³-hybridized carbons (Fsp3) is 0.250. The van der Waals surface area contributed by atoms with Crippen LogP contribution in [0.25, 0.3) is 0 Å². The zero-order valence-electron chi connectivity index (χ0n) is 15.8. The highest BCUT2D eigenvalue weighted by molar-refractivity contribution is 6.35. The number of benzene rings is 2.